The first-order chi connectivity index (χ1) is 7.06. The van der Waals surface area contributed by atoms with Gasteiger partial charge in [-0.1, -0.05) is 17.2 Å². The van der Waals surface area contributed by atoms with Crippen LogP contribution >= 0.6 is 0 Å². The smallest absolute Gasteiger partial charge is 0.242 e. The normalized spacial score (nSPS) is 10.5. The van der Waals surface area contributed by atoms with Gasteiger partial charge in [0, 0.05) is 6.08 Å². The molecular weight excluding hydrogens is 198 g/mol. The zero-order chi connectivity index (χ0) is 11.7. The summed E-state index contributed by atoms with van der Waals surface area (Å²) in [5.41, 5.74) is 2.09. The molecule has 0 amide bonds. The zero-order valence-corrected chi connectivity index (χ0v) is 9.15. The fourth-order valence-electron chi connectivity index (χ4n) is 0.938. The van der Waals surface area contributed by atoms with Crippen molar-refractivity contribution in [2.24, 2.45) is 5.34 Å². The average molecular weight is 213 g/mol. The zero-order valence-electron chi connectivity index (χ0n) is 9.15. The minimum absolute atomic E-state index is 0.732. The lowest BCUT2D eigenvalue weighted by molar-refractivity contribution is -0.269. The van der Waals surface area contributed by atoms with Crippen molar-refractivity contribution in [3.8, 4) is 0 Å². The lowest BCUT2D eigenvalue weighted by atomic mass is 10.1. The minimum Gasteiger partial charge on any atom is -0.242 e. The molecule has 0 fully saturated rings. The van der Waals surface area contributed by atoms with E-state index in [-0.39, 0.29) is 0 Å². The molecule has 0 aliphatic heterocycles. The van der Waals surface area contributed by atoms with Crippen molar-refractivity contribution in [2.45, 2.75) is 33.6 Å². The number of allylic oxidation sites excluding steroid dienone is 3. The molecule has 0 atom stereocenters. The second-order valence-corrected chi connectivity index (χ2v) is 3.36. The third-order valence-electron chi connectivity index (χ3n) is 1.61. The Hall–Kier alpha value is -1.65. The van der Waals surface area contributed by atoms with E-state index in [2.05, 4.69) is 16.0 Å². The van der Waals surface area contributed by atoms with Gasteiger partial charge in [0.2, 0.25) is 5.34 Å². The maximum absolute atomic E-state index is 10.9. The van der Waals surface area contributed by atoms with E-state index in [9.17, 15) is 9.70 Å². The van der Waals surface area contributed by atoms with Crippen LogP contribution in [0.4, 0.5) is 0 Å². The van der Waals surface area contributed by atoms with E-state index in [1.165, 1.54) is 11.6 Å². The molecule has 0 aromatic rings. The summed E-state index contributed by atoms with van der Waals surface area (Å²) < 4.78 is 0. The number of hydrogen-bond donors (Lipinski definition) is 0. The van der Waals surface area contributed by atoms with Crippen LogP contribution in [0.25, 0.3) is 0 Å². The van der Waals surface area contributed by atoms with Crippen LogP contribution in [0.3, 0.4) is 0 Å². The number of rotatable bonds is 6. The van der Waals surface area contributed by atoms with Crippen LogP contribution in [0.5, 0.6) is 0 Å². The number of carbonyl (C=O) groups is 1. The first kappa shape index (κ1) is 13.4. The van der Waals surface area contributed by atoms with Gasteiger partial charge in [0.05, 0.1) is 0 Å². The maximum atomic E-state index is 10.9. The number of nitrogens with zero attached hydrogens (tertiary/aromatic N) is 1. The Morgan fingerprint density at radius 2 is 2.00 bits per heavy atom. The van der Waals surface area contributed by atoms with Crippen LogP contribution in [-0.4, -0.2) is 5.97 Å². The van der Waals surface area contributed by atoms with Crippen molar-refractivity contribution >= 4 is 5.97 Å². The molecule has 84 valence electrons. The molecule has 15 heavy (non-hydrogen) atoms. The van der Waals surface area contributed by atoms with Gasteiger partial charge in [-0.3, -0.25) is 0 Å². The van der Waals surface area contributed by atoms with Gasteiger partial charge in [0.15, 0.2) is 0 Å². The predicted molar refractivity (Wildman–Crippen MR) is 55.4 cm³/mol. The Morgan fingerprint density at radius 3 is 2.53 bits per heavy atom. The van der Waals surface area contributed by atoms with Gasteiger partial charge in [0.25, 0.3) is 0 Å². The molecule has 0 saturated heterocycles. The van der Waals surface area contributed by atoms with Gasteiger partial charge >= 0.3 is 5.97 Å². The Morgan fingerprint density at radius 1 is 1.33 bits per heavy atom. The van der Waals surface area contributed by atoms with Crippen LogP contribution in [-0.2, 0) is 14.7 Å². The van der Waals surface area contributed by atoms with Crippen molar-refractivity contribution in [1.29, 1.82) is 0 Å². The largest absolute Gasteiger partial charge is 0.381 e. The third-order valence-corrected chi connectivity index (χ3v) is 1.61. The van der Waals surface area contributed by atoms with Crippen molar-refractivity contribution in [2.75, 3.05) is 0 Å². The molecule has 0 aromatic carbocycles. The van der Waals surface area contributed by atoms with Gasteiger partial charge in [-0.05, 0) is 33.6 Å². The highest BCUT2D eigenvalue weighted by molar-refractivity contribution is 5.82. The van der Waals surface area contributed by atoms with E-state index in [0.717, 1.165) is 18.4 Å². The van der Waals surface area contributed by atoms with Crippen LogP contribution in [0, 0.1) is 4.91 Å². The quantitative estimate of drug-likeness (QED) is 0.224. The molecule has 5 nitrogen and oxygen atoms in total. The van der Waals surface area contributed by atoms with Crippen LogP contribution in [0.1, 0.15) is 33.6 Å². The molecule has 0 bridgehead atoms. The Balaban J connectivity index is 3.91. The molecule has 0 rings (SSSR count). The second kappa shape index (κ2) is 7.73. The van der Waals surface area contributed by atoms with Crippen molar-refractivity contribution in [1.82, 2.24) is 0 Å². The van der Waals surface area contributed by atoms with E-state index in [0.29, 0.717) is 0 Å². The highest BCUT2D eigenvalue weighted by Crippen LogP contribution is 2.06. The van der Waals surface area contributed by atoms with E-state index >= 15 is 0 Å². The molecule has 0 aliphatic carbocycles. The fraction of sp³-hybridized carbons (Fsp3) is 0.500. The van der Waals surface area contributed by atoms with E-state index in [1.807, 2.05) is 19.2 Å². The lowest BCUT2D eigenvalue weighted by Crippen LogP contribution is -1.99. The fourth-order valence-corrected chi connectivity index (χ4v) is 0.938. The van der Waals surface area contributed by atoms with Crippen LogP contribution in [0.2, 0.25) is 0 Å². The summed E-state index contributed by atoms with van der Waals surface area (Å²) in [5.74, 6) is -0.732. The molecule has 5 heteroatoms. The molecular formula is C10H15NO4. The highest BCUT2D eigenvalue weighted by atomic mass is 17.3. The average Bonchev–Trinajstić information content (AvgIpc) is 2.14. The van der Waals surface area contributed by atoms with Crippen LogP contribution in [0.15, 0.2) is 28.6 Å². The summed E-state index contributed by atoms with van der Waals surface area (Å²) in [6.07, 6.45) is 4.97. The van der Waals surface area contributed by atoms with E-state index < -0.39 is 5.97 Å². The standard InChI is InChI=1S/C10H15NO4/c1-8(2)5-4-6-9(3)7-10(12)14-15-11-13/h5,7H,4,6H2,1-3H3/b9-7-. The summed E-state index contributed by atoms with van der Waals surface area (Å²) in [6, 6.07) is 0. The topological polar surface area (TPSA) is 65.0 Å². The first-order valence-corrected chi connectivity index (χ1v) is 4.57. The predicted octanol–water partition coefficient (Wildman–Crippen LogP) is 2.84. The van der Waals surface area contributed by atoms with Gasteiger partial charge in [-0.15, -0.1) is 9.90 Å². The molecule has 0 radical (unpaired) electrons. The highest BCUT2D eigenvalue weighted by Gasteiger charge is 2.00. The maximum Gasteiger partial charge on any atom is 0.381 e. The summed E-state index contributed by atoms with van der Waals surface area (Å²) in [6.45, 7) is 5.82. The SMILES string of the molecule is CC(C)=CCC/C(C)=C\C(=O)OON=O. The monoisotopic (exact) mass is 213 g/mol. The Labute approximate surface area is 88.6 Å². The van der Waals surface area contributed by atoms with Gasteiger partial charge in [-0.2, -0.15) is 0 Å². The molecule has 0 saturated carbocycles. The molecule has 0 unspecified atom stereocenters. The van der Waals surface area contributed by atoms with Crippen molar-refractivity contribution in [3.05, 3.63) is 28.2 Å². The van der Waals surface area contributed by atoms with Crippen molar-refractivity contribution < 1.29 is 14.7 Å². The van der Waals surface area contributed by atoms with Gasteiger partial charge in [0.1, 0.15) is 0 Å². The first-order valence-electron chi connectivity index (χ1n) is 4.57. The summed E-state index contributed by atoms with van der Waals surface area (Å²) in [7, 11) is 0. The second-order valence-electron chi connectivity index (χ2n) is 3.36. The molecule has 0 aliphatic rings. The molecule has 0 N–H and O–H groups in total. The summed E-state index contributed by atoms with van der Waals surface area (Å²) in [4.78, 5) is 27.9. The van der Waals surface area contributed by atoms with Crippen molar-refractivity contribution in [3.63, 3.8) is 0 Å². The molecule has 0 aromatic heterocycles. The summed E-state index contributed by atoms with van der Waals surface area (Å²) in [5, 5.41) is 1.94. The molecule has 0 spiro atoms. The Bertz CT molecular complexity index is 277. The Kier molecular flexibility index (Phi) is 6.88. The third kappa shape index (κ3) is 8.67. The van der Waals surface area contributed by atoms with Crippen LogP contribution < -0.4 is 0 Å². The lowest BCUT2D eigenvalue weighted by Gasteiger charge is -1.97. The number of carbonyl (C=O) groups excluding carboxylic acids is 1. The van der Waals surface area contributed by atoms with E-state index in [4.69, 9.17) is 0 Å². The van der Waals surface area contributed by atoms with Gasteiger partial charge < -0.3 is 0 Å². The number of hydrogen-bond acceptors (Lipinski definition) is 5. The summed E-state index contributed by atoms with van der Waals surface area (Å²) >= 11 is 0. The minimum atomic E-state index is -0.732. The molecule has 0 heterocycles. The van der Waals surface area contributed by atoms with E-state index in [1.54, 1.807) is 6.92 Å². The van der Waals surface area contributed by atoms with Gasteiger partial charge in [-0.25, -0.2) is 9.68 Å².